The van der Waals surface area contributed by atoms with Crippen molar-refractivity contribution in [2.24, 2.45) is 0 Å². The van der Waals surface area contributed by atoms with Crippen molar-refractivity contribution in [2.75, 3.05) is 28.8 Å². The fraction of sp³-hybridized carbons (Fsp3) is 0.436. The summed E-state index contributed by atoms with van der Waals surface area (Å²) in [5.41, 5.74) is 1.88. The van der Waals surface area contributed by atoms with Gasteiger partial charge in [0.15, 0.2) is 5.71 Å². The average molecular weight is 1280 g/mol. The zero-order chi connectivity index (χ0) is 46.5. The number of anilines is 1. The first kappa shape index (κ1) is 52.8. The number of allylic oxidation sites excluding steroid dienone is 8. The lowest BCUT2D eigenvalue weighted by molar-refractivity contribution is -0.416. The first-order valence-electron chi connectivity index (χ1n) is 19.1. The largest absolute Gasteiger partial charge is 0.744 e. The van der Waals surface area contributed by atoms with Gasteiger partial charge in [0.05, 0.1) is 21.8 Å². The third kappa shape index (κ3) is 13.8. The first-order chi connectivity index (χ1) is 28.6. The Morgan fingerprint density at radius 2 is 1.35 bits per heavy atom. The predicted octanol–water partition coefficient (Wildman–Crippen LogP) is 7.31. The molecule has 2 aromatic rings. The van der Waals surface area contributed by atoms with Gasteiger partial charge in [0.2, 0.25) is 5.69 Å². The molecule has 2 aliphatic heterocycles. The van der Waals surface area contributed by atoms with Crippen molar-refractivity contribution in [3.63, 3.8) is 0 Å². The van der Waals surface area contributed by atoms with Crippen molar-refractivity contribution in [1.29, 1.82) is 0 Å². The van der Waals surface area contributed by atoms with Gasteiger partial charge in [0, 0.05) is 63.7 Å². The van der Waals surface area contributed by atoms with Crippen LogP contribution >= 0.6 is 67.8 Å². The van der Waals surface area contributed by atoms with Gasteiger partial charge in [-0.05, 0) is 138 Å². The van der Waals surface area contributed by atoms with E-state index in [2.05, 4.69) is 85.7 Å². The second-order valence-corrected chi connectivity index (χ2v) is 24.6. The molecule has 0 aromatic heterocycles. The maximum absolute atomic E-state index is 12.3. The zero-order valence-corrected chi connectivity index (χ0v) is 43.3. The van der Waals surface area contributed by atoms with Crippen molar-refractivity contribution in [1.82, 2.24) is 0 Å². The lowest BCUT2D eigenvalue weighted by Gasteiger charge is -2.31. The van der Waals surface area contributed by atoms with E-state index in [9.17, 15) is 56.7 Å². The number of hydrogen-bond donors (Lipinski definition) is 4. The Balaban J connectivity index is 1.74. The minimum Gasteiger partial charge on any atom is -0.744 e. The standard InChI is InChI=1S/C39H47I3N2O14S4/c1-38(19-11-12-22-59(47,48)49)28-24-27(62(56,57)58)17-18-30(28)44(26-61(53,54)55)32(38)14-7-4-3-5-8-15-33-39(2,20-10-6-9-16-34(45)46)35-31(25-29(40)36(41)37(35)42)43(33)21-13-23-60(50,51)52/h3-5,7-8,14-15,17-18,24-25H,6,9-13,16,19-23,26H2,1-2H3,(H4-,45,46,47,48,49,50,51,52,53,54,55,56,57,58). The van der Waals surface area contributed by atoms with Gasteiger partial charge < -0.3 is 14.6 Å². The van der Waals surface area contributed by atoms with Crippen LogP contribution in [0.25, 0.3) is 0 Å². The molecule has 2 aromatic carbocycles. The van der Waals surface area contributed by atoms with Crippen molar-refractivity contribution >= 4 is 131 Å². The lowest BCUT2D eigenvalue weighted by Crippen LogP contribution is -2.32. The molecule has 2 aliphatic rings. The molecule has 0 amide bonds. The highest BCUT2D eigenvalue weighted by atomic mass is 127. The number of aliphatic carboxylic acids is 1. The fourth-order valence-corrected chi connectivity index (χ4v) is 12.8. The Kier molecular flexibility index (Phi) is 18.1. The summed E-state index contributed by atoms with van der Waals surface area (Å²) in [7, 11) is -18.1. The van der Waals surface area contributed by atoms with E-state index in [-0.39, 0.29) is 49.9 Å². The number of unbranched alkanes of at least 4 members (excludes halogenated alkanes) is 3. The summed E-state index contributed by atoms with van der Waals surface area (Å²) in [6, 6.07) is 5.51. The number of carboxylic acid groups (broad SMARTS) is 1. The molecule has 4 rings (SSSR count). The molecule has 2 heterocycles. The first-order valence-corrected chi connectivity index (χ1v) is 28.6. The summed E-state index contributed by atoms with van der Waals surface area (Å²) in [6.45, 7) is 4.07. The van der Waals surface area contributed by atoms with Gasteiger partial charge in [-0.1, -0.05) is 49.6 Å². The van der Waals surface area contributed by atoms with Crippen LogP contribution in [0, 0.1) is 10.7 Å². The van der Waals surface area contributed by atoms with Crippen LogP contribution < -0.4 is 4.90 Å². The molecule has 23 heteroatoms. The van der Waals surface area contributed by atoms with Gasteiger partial charge in [0.25, 0.3) is 26.1 Å². The highest BCUT2D eigenvalue weighted by Gasteiger charge is 2.49. The summed E-state index contributed by atoms with van der Waals surface area (Å²) in [5.74, 6) is -2.76. The number of benzene rings is 2. The monoisotopic (exact) mass is 1280 g/mol. The number of carbonyl (C=O) groups is 1. The molecule has 16 nitrogen and oxygen atoms in total. The second kappa shape index (κ2) is 21.2. The van der Waals surface area contributed by atoms with E-state index in [1.54, 1.807) is 43.4 Å². The number of halogens is 3. The van der Waals surface area contributed by atoms with Crippen LogP contribution in [-0.2, 0) is 56.1 Å². The Hall–Kier alpha value is -1.83. The summed E-state index contributed by atoms with van der Waals surface area (Å²) < 4.78 is 140. The summed E-state index contributed by atoms with van der Waals surface area (Å²) in [6.07, 6.45) is 15.1. The highest BCUT2D eigenvalue weighted by Crippen LogP contribution is 2.54. The maximum Gasteiger partial charge on any atom is 0.326 e. The summed E-state index contributed by atoms with van der Waals surface area (Å²) >= 11 is 6.89. The summed E-state index contributed by atoms with van der Waals surface area (Å²) in [4.78, 5) is 12.7. The van der Waals surface area contributed by atoms with Crippen LogP contribution in [0.15, 0.2) is 77.4 Å². The van der Waals surface area contributed by atoms with E-state index in [1.165, 1.54) is 10.6 Å². The third-order valence-corrected chi connectivity index (χ3v) is 18.9. The van der Waals surface area contributed by atoms with E-state index in [0.29, 0.717) is 25.0 Å². The zero-order valence-electron chi connectivity index (χ0n) is 33.6. The van der Waals surface area contributed by atoms with Crippen molar-refractivity contribution in [2.45, 2.75) is 87.4 Å². The molecule has 2 unspecified atom stereocenters. The van der Waals surface area contributed by atoms with Crippen molar-refractivity contribution in [3.05, 3.63) is 94.3 Å². The number of fused-ring (bicyclic) bond motifs is 2. The number of carboxylic acids is 1. The van der Waals surface area contributed by atoms with E-state index in [1.807, 2.05) is 6.08 Å². The molecular weight excluding hydrogens is 1230 g/mol. The average Bonchev–Trinajstić information content (AvgIpc) is 3.49. The molecule has 0 aliphatic carbocycles. The molecule has 62 heavy (non-hydrogen) atoms. The van der Waals surface area contributed by atoms with Crippen molar-refractivity contribution in [3.8, 4) is 0 Å². The van der Waals surface area contributed by atoms with Gasteiger partial charge in [-0.2, -0.15) is 29.8 Å². The normalized spacial score (nSPS) is 20.4. The molecule has 0 bridgehead atoms. The van der Waals surface area contributed by atoms with Gasteiger partial charge in [-0.25, -0.2) is 8.42 Å². The molecule has 2 atom stereocenters. The fourth-order valence-electron chi connectivity index (χ4n) is 7.98. The van der Waals surface area contributed by atoms with Crippen LogP contribution in [0.1, 0.15) is 82.8 Å². The van der Waals surface area contributed by atoms with Gasteiger partial charge in [-0.3, -0.25) is 18.5 Å². The Labute approximate surface area is 404 Å². The Bertz CT molecular complexity index is 2680. The molecule has 0 spiro atoms. The van der Waals surface area contributed by atoms with E-state index in [0.717, 1.165) is 46.2 Å². The number of hydrogen-bond acceptors (Lipinski definition) is 11. The number of nitrogens with zero attached hydrogens (tertiary/aromatic N) is 2. The van der Waals surface area contributed by atoms with Crippen LogP contribution in [-0.4, -0.2) is 97.2 Å². The van der Waals surface area contributed by atoms with E-state index < -0.39 is 79.5 Å². The lowest BCUT2D eigenvalue weighted by atomic mass is 9.75. The Morgan fingerprint density at radius 3 is 1.97 bits per heavy atom. The third-order valence-electron chi connectivity index (χ3n) is 10.8. The smallest absolute Gasteiger partial charge is 0.326 e. The maximum atomic E-state index is 12.3. The molecule has 342 valence electrons. The minimum atomic E-state index is -4.94. The molecule has 0 saturated carbocycles. The molecular formula is C39H47I3N2O14S4. The van der Waals surface area contributed by atoms with Crippen LogP contribution in [0.3, 0.4) is 0 Å². The SMILES string of the molecule is CC1(CCCCS(=O)(=O)O)C(C=CC=CC=CC=C2N(CCCS(=O)(=O)O)c3cc(I)c(I)c(I)c3C2(C)CCCCCC(=O)O)=[N+](CS(=O)(=O)O)c2ccc(S(=O)(=O)[O-])cc21. The quantitative estimate of drug-likeness (QED) is 0.0225. The Morgan fingerprint density at radius 1 is 0.758 bits per heavy atom. The van der Waals surface area contributed by atoms with Crippen LogP contribution in [0.4, 0.5) is 11.4 Å². The minimum absolute atomic E-state index is 0.0171. The van der Waals surface area contributed by atoms with E-state index in [4.69, 9.17) is 5.11 Å². The van der Waals surface area contributed by atoms with Crippen LogP contribution in [0.2, 0.25) is 0 Å². The summed E-state index contributed by atoms with van der Waals surface area (Å²) in [5, 5.41) is 9.17. The van der Waals surface area contributed by atoms with Gasteiger partial charge in [0.1, 0.15) is 10.1 Å². The molecule has 4 N–H and O–H groups in total. The van der Waals surface area contributed by atoms with Crippen molar-refractivity contribution < 1.29 is 66.4 Å². The van der Waals surface area contributed by atoms with Gasteiger partial charge in [-0.15, -0.1) is 0 Å². The molecule has 0 saturated heterocycles. The number of rotatable bonds is 22. The van der Waals surface area contributed by atoms with Gasteiger partial charge >= 0.3 is 16.1 Å². The molecule has 0 fully saturated rings. The van der Waals surface area contributed by atoms with Crippen LogP contribution in [0.5, 0.6) is 0 Å². The predicted molar refractivity (Wildman–Crippen MR) is 260 cm³/mol. The topological polar surface area (TPSA) is 264 Å². The second-order valence-electron chi connectivity index (χ2n) is 15.4. The molecule has 0 radical (unpaired) electrons. The highest BCUT2D eigenvalue weighted by molar-refractivity contribution is 14.1. The van der Waals surface area contributed by atoms with E-state index >= 15 is 0 Å².